The third-order valence-corrected chi connectivity index (χ3v) is 5.11. The number of nitrogens with two attached hydrogens (primary N) is 2. The molecule has 0 aromatic carbocycles. The van der Waals surface area contributed by atoms with Gasteiger partial charge in [-0.15, -0.1) is 0 Å². The van der Waals surface area contributed by atoms with E-state index < -0.39 is 84.5 Å². The summed E-state index contributed by atoms with van der Waals surface area (Å²) in [6.07, 6.45) is -3.12. The average Bonchev–Trinajstić information content (AvgIpc) is 2.80. The number of carbonyl (C=O) groups excluding carboxylic acids is 4. The fourth-order valence-corrected chi connectivity index (χ4v) is 3.06. The Bertz CT molecular complexity index is 909. The number of carbonyl (C=O) groups is 8. The van der Waals surface area contributed by atoms with Crippen molar-refractivity contribution in [3.8, 4) is 0 Å². The molecule has 0 aromatic heterocycles. The van der Waals surface area contributed by atoms with Crippen LogP contribution in [0.1, 0.15) is 57.8 Å². The summed E-state index contributed by atoms with van der Waals surface area (Å²) in [5.41, 5.74) is 10.2. The first-order valence-electron chi connectivity index (χ1n) is 11.4. The molecular formula is C21H33N5O12. The summed E-state index contributed by atoms with van der Waals surface area (Å²) in [5, 5.41) is 42.9. The van der Waals surface area contributed by atoms with Gasteiger partial charge < -0.3 is 47.8 Å². The molecule has 0 aliphatic carbocycles. The number of carboxylic acid groups (broad SMARTS) is 4. The molecule has 0 spiro atoms. The highest BCUT2D eigenvalue weighted by molar-refractivity contribution is 5.86. The van der Waals surface area contributed by atoms with Crippen molar-refractivity contribution in [1.82, 2.24) is 16.0 Å². The monoisotopic (exact) mass is 547 g/mol. The van der Waals surface area contributed by atoms with Crippen molar-refractivity contribution < 1.29 is 58.8 Å². The van der Waals surface area contributed by atoms with Crippen LogP contribution in [0.3, 0.4) is 0 Å². The SMILES string of the molecule is NC(=O)CC[C@H](NC(=O)CC[C@@H](CC(=O)O)NC(=O)CC[C@H](NC(=O)CC[C@H](N)C(=O)O)C(=O)O)C(=O)O. The summed E-state index contributed by atoms with van der Waals surface area (Å²) in [6.45, 7) is 0. The molecule has 214 valence electrons. The van der Waals surface area contributed by atoms with E-state index in [0.29, 0.717) is 0 Å². The van der Waals surface area contributed by atoms with Gasteiger partial charge in [0.05, 0.1) is 6.42 Å². The molecule has 0 saturated carbocycles. The lowest BCUT2D eigenvalue weighted by atomic mass is 10.1. The van der Waals surface area contributed by atoms with Crippen molar-refractivity contribution in [2.45, 2.75) is 82.0 Å². The lowest BCUT2D eigenvalue weighted by Crippen LogP contribution is -2.44. The zero-order valence-electron chi connectivity index (χ0n) is 20.4. The van der Waals surface area contributed by atoms with Gasteiger partial charge in [-0.1, -0.05) is 0 Å². The topological polar surface area (TPSA) is 306 Å². The van der Waals surface area contributed by atoms with Gasteiger partial charge in [-0.2, -0.15) is 0 Å². The highest BCUT2D eigenvalue weighted by Crippen LogP contribution is 2.07. The maximum Gasteiger partial charge on any atom is 0.326 e. The number of aliphatic carboxylic acids is 4. The fourth-order valence-electron chi connectivity index (χ4n) is 3.06. The van der Waals surface area contributed by atoms with Gasteiger partial charge in [-0.25, -0.2) is 9.59 Å². The zero-order chi connectivity index (χ0) is 29.4. The summed E-state index contributed by atoms with van der Waals surface area (Å²) in [4.78, 5) is 91.6. The minimum Gasteiger partial charge on any atom is -0.481 e. The Morgan fingerprint density at radius 3 is 1.42 bits per heavy atom. The summed E-state index contributed by atoms with van der Waals surface area (Å²) in [6, 6.07) is -5.26. The van der Waals surface area contributed by atoms with Crippen LogP contribution in [0.5, 0.6) is 0 Å². The molecule has 0 aliphatic rings. The van der Waals surface area contributed by atoms with Gasteiger partial charge in [0, 0.05) is 31.7 Å². The van der Waals surface area contributed by atoms with Crippen LogP contribution in [-0.4, -0.2) is 92.1 Å². The van der Waals surface area contributed by atoms with Gasteiger partial charge in [0.15, 0.2) is 0 Å². The Kier molecular flexibility index (Phi) is 15.3. The molecule has 11 N–H and O–H groups in total. The largest absolute Gasteiger partial charge is 0.481 e. The zero-order valence-corrected chi connectivity index (χ0v) is 20.4. The maximum atomic E-state index is 12.3. The second kappa shape index (κ2) is 17.2. The van der Waals surface area contributed by atoms with Crippen LogP contribution in [0.4, 0.5) is 0 Å². The Morgan fingerprint density at radius 1 is 0.579 bits per heavy atom. The van der Waals surface area contributed by atoms with Gasteiger partial charge in [0.2, 0.25) is 23.6 Å². The van der Waals surface area contributed by atoms with E-state index in [0.717, 1.165) is 0 Å². The van der Waals surface area contributed by atoms with E-state index >= 15 is 0 Å². The summed E-state index contributed by atoms with van der Waals surface area (Å²) >= 11 is 0. The van der Waals surface area contributed by atoms with E-state index in [4.69, 9.17) is 26.8 Å². The van der Waals surface area contributed by atoms with Crippen molar-refractivity contribution in [3.05, 3.63) is 0 Å². The van der Waals surface area contributed by atoms with Gasteiger partial charge in [0.25, 0.3) is 0 Å². The van der Waals surface area contributed by atoms with Crippen LogP contribution in [0.2, 0.25) is 0 Å². The Hall–Kier alpha value is -4.28. The lowest BCUT2D eigenvalue weighted by molar-refractivity contribution is -0.143. The molecule has 0 bridgehead atoms. The summed E-state index contributed by atoms with van der Waals surface area (Å²) in [7, 11) is 0. The number of hydrogen-bond donors (Lipinski definition) is 9. The predicted octanol–water partition coefficient (Wildman–Crippen LogP) is -2.90. The van der Waals surface area contributed by atoms with Gasteiger partial charge in [-0.05, 0) is 25.7 Å². The van der Waals surface area contributed by atoms with Crippen LogP contribution in [0.25, 0.3) is 0 Å². The first kappa shape index (κ1) is 33.7. The van der Waals surface area contributed by atoms with E-state index in [-0.39, 0.29) is 44.9 Å². The van der Waals surface area contributed by atoms with Crippen LogP contribution in [-0.2, 0) is 38.4 Å². The predicted molar refractivity (Wildman–Crippen MR) is 125 cm³/mol. The van der Waals surface area contributed by atoms with Gasteiger partial charge >= 0.3 is 23.9 Å². The maximum absolute atomic E-state index is 12.3. The number of rotatable bonds is 20. The molecule has 0 aromatic rings. The number of hydrogen-bond acceptors (Lipinski definition) is 9. The minimum atomic E-state index is -1.49. The van der Waals surface area contributed by atoms with Crippen molar-refractivity contribution in [3.63, 3.8) is 0 Å². The molecule has 0 unspecified atom stereocenters. The number of primary amides is 1. The Morgan fingerprint density at radius 2 is 1.00 bits per heavy atom. The van der Waals surface area contributed by atoms with E-state index in [1.165, 1.54) is 0 Å². The van der Waals surface area contributed by atoms with Crippen LogP contribution in [0.15, 0.2) is 0 Å². The van der Waals surface area contributed by atoms with E-state index in [1.54, 1.807) is 0 Å². The molecule has 0 rings (SSSR count). The standard InChI is InChI=1S/C21H33N5O12/c22-11(19(33)34)2-7-17(30)26-13(21(37)38)4-8-15(28)24-10(9-18(31)32)1-6-16(29)25-12(20(35)36)3-5-14(23)27/h10-13H,1-9,22H2,(H2,23,27)(H,24,28)(H,25,29)(H,26,30)(H,31,32)(H,33,34)(H,35,36)(H,37,38)/t10-,11-,12-,13-/m0/s1. The molecule has 17 heteroatoms. The first-order valence-corrected chi connectivity index (χ1v) is 11.4. The Labute approximate surface area is 216 Å². The van der Waals surface area contributed by atoms with Crippen molar-refractivity contribution >= 4 is 47.5 Å². The van der Waals surface area contributed by atoms with Gasteiger partial charge in [-0.3, -0.25) is 28.8 Å². The molecule has 0 radical (unpaired) electrons. The minimum absolute atomic E-state index is 0.199. The number of amides is 4. The molecule has 4 amide bonds. The quantitative estimate of drug-likeness (QED) is 0.0739. The molecule has 38 heavy (non-hydrogen) atoms. The molecule has 0 saturated heterocycles. The molecular weight excluding hydrogens is 514 g/mol. The molecule has 4 atom stereocenters. The van der Waals surface area contributed by atoms with Crippen LogP contribution in [0, 0.1) is 0 Å². The van der Waals surface area contributed by atoms with Crippen molar-refractivity contribution in [1.29, 1.82) is 0 Å². The smallest absolute Gasteiger partial charge is 0.326 e. The average molecular weight is 548 g/mol. The third kappa shape index (κ3) is 15.7. The number of nitrogens with one attached hydrogen (secondary N) is 3. The molecule has 0 aliphatic heterocycles. The lowest BCUT2D eigenvalue weighted by Gasteiger charge is -2.19. The van der Waals surface area contributed by atoms with E-state index in [1.807, 2.05) is 0 Å². The molecule has 0 fully saturated rings. The highest BCUT2D eigenvalue weighted by Gasteiger charge is 2.25. The fraction of sp³-hybridized carbons (Fsp3) is 0.619. The molecule has 17 nitrogen and oxygen atoms in total. The van der Waals surface area contributed by atoms with Crippen molar-refractivity contribution in [2.24, 2.45) is 11.5 Å². The highest BCUT2D eigenvalue weighted by atomic mass is 16.4. The normalized spacial score (nSPS) is 13.7. The van der Waals surface area contributed by atoms with Crippen molar-refractivity contribution in [2.75, 3.05) is 0 Å². The summed E-state index contributed by atoms with van der Waals surface area (Å²) in [5.74, 6) is -8.60. The first-order chi connectivity index (χ1) is 17.6. The third-order valence-electron chi connectivity index (χ3n) is 5.11. The van der Waals surface area contributed by atoms with E-state index in [9.17, 15) is 43.5 Å². The number of carboxylic acids is 4. The van der Waals surface area contributed by atoms with E-state index in [2.05, 4.69) is 16.0 Å². The second-order valence-corrected chi connectivity index (χ2v) is 8.34. The van der Waals surface area contributed by atoms with Gasteiger partial charge in [0.1, 0.15) is 18.1 Å². The second-order valence-electron chi connectivity index (χ2n) is 8.34. The van der Waals surface area contributed by atoms with Crippen LogP contribution >= 0.6 is 0 Å². The Balaban J connectivity index is 4.87. The van der Waals surface area contributed by atoms with Crippen LogP contribution < -0.4 is 27.4 Å². The molecule has 0 heterocycles. The summed E-state index contributed by atoms with van der Waals surface area (Å²) < 4.78 is 0.